The first kappa shape index (κ1) is 28.5. The maximum absolute atomic E-state index is 13.9. The molecule has 0 radical (unpaired) electrons. The van der Waals surface area contributed by atoms with Gasteiger partial charge in [0.25, 0.3) is 0 Å². The van der Waals surface area contributed by atoms with Crippen LogP contribution in [0.15, 0.2) is 42.5 Å². The zero-order chi connectivity index (χ0) is 27.2. The normalized spacial score (nSPS) is 14.7. The van der Waals surface area contributed by atoms with Gasteiger partial charge in [-0.15, -0.1) is 0 Å². The fraction of sp³-hybridized carbons (Fsp3) is 0.500. The van der Waals surface area contributed by atoms with Gasteiger partial charge >= 0.3 is 0 Å². The van der Waals surface area contributed by atoms with Crippen LogP contribution in [0.25, 0.3) is 0 Å². The van der Waals surface area contributed by atoms with Crippen molar-refractivity contribution in [1.82, 2.24) is 10.2 Å². The number of hydrogen-bond acceptors (Lipinski definition) is 5. The Morgan fingerprint density at radius 3 is 2.38 bits per heavy atom. The number of rotatable bonds is 11. The van der Waals surface area contributed by atoms with Crippen LogP contribution in [0.2, 0.25) is 0 Å². The SMILES string of the molecule is CCC(C(=O)NC1CCCC1)N(Cc1ccccc1C)C(=O)CN(c1cc(C)ccc1OC)S(C)(=O)=O. The molecule has 1 fully saturated rings. The predicted molar refractivity (Wildman–Crippen MR) is 146 cm³/mol. The topological polar surface area (TPSA) is 96.0 Å². The van der Waals surface area contributed by atoms with E-state index < -0.39 is 28.5 Å². The second-order valence-electron chi connectivity index (χ2n) is 9.81. The summed E-state index contributed by atoms with van der Waals surface area (Å²) >= 11 is 0. The van der Waals surface area contributed by atoms with Gasteiger partial charge in [-0.1, -0.05) is 50.1 Å². The predicted octanol–water partition coefficient (Wildman–Crippen LogP) is 3.94. The van der Waals surface area contributed by atoms with Crippen LogP contribution in [0.3, 0.4) is 0 Å². The monoisotopic (exact) mass is 529 g/mol. The quantitative estimate of drug-likeness (QED) is 0.476. The number of hydrogen-bond donors (Lipinski definition) is 1. The standard InChI is InChI=1S/C28H39N3O5S/c1-6-24(28(33)29-23-13-9-10-14-23)30(18-22-12-8-7-11-21(22)3)27(32)19-31(37(5,34)35)25-17-20(2)15-16-26(25)36-4/h7-8,11-12,15-17,23-24H,6,9-10,13-14,18-19H2,1-5H3,(H,29,33). The van der Waals surface area contributed by atoms with Gasteiger partial charge in [0.1, 0.15) is 18.3 Å². The lowest BCUT2D eigenvalue weighted by Crippen LogP contribution is -2.53. The maximum atomic E-state index is 13.9. The molecule has 2 aromatic rings. The van der Waals surface area contributed by atoms with Crippen molar-refractivity contribution in [3.63, 3.8) is 0 Å². The van der Waals surface area contributed by atoms with Crippen LogP contribution >= 0.6 is 0 Å². The summed E-state index contributed by atoms with van der Waals surface area (Å²) in [5.74, 6) is -0.304. The lowest BCUT2D eigenvalue weighted by molar-refractivity contribution is -0.140. The molecule has 1 aliphatic rings. The molecule has 0 spiro atoms. The van der Waals surface area contributed by atoms with E-state index in [-0.39, 0.29) is 24.2 Å². The first-order valence-electron chi connectivity index (χ1n) is 12.8. The first-order chi connectivity index (χ1) is 17.5. The molecule has 3 rings (SSSR count). The number of carbonyl (C=O) groups is 2. The number of anilines is 1. The summed E-state index contributed by atoms with van der Waals surface area (Å²) in [7, 11) is -2.38. The second kappa shape index (κ2) is 12.4. The Labute approximate surface area is 221 Å². The van der Waals surface area contributed by atoms with Gasteiger partial charge in [-0.3, -0.25) is 13.9 Å². The van der Waals surface area contributed by atoms with Gasteiger partial charge in [0, 0.05) is 12.6 Å². The molecule has 9 heteroatoms. The van der Waals surface area contributed by atoms with Crippen molar-refractivity contribution in [3.05, 3.63) is 59.2 Å². The Kier molecular flexibility index (Phi) is 9.59. The highest BCUT2D eigenvalue weighted by Crippen LogP contribution is 2.31. The van der Waals surface area contributed by atoms with Gasteiger partial charge in [0.2, 0.25) is 21.8 Å². The second-order valence-corrected chi connectivity index (χ2v) is 11.7. The van der Waals surface area contributed by atoms with Gasteiger partial charge in [0.05, 0.1) is 19.1 Å². The van der Waals surface area contributed by atoms with E-state index in [4.69, 9.17) is 4.74 Å². The fourth-order valence-corrected chi connectivity index (χ4v) is 5.69. The molecule has 0 bridgehead atoms. The third-order valence-electron chi connectivity index (χ3n) is 6.97. The van der Waals surface area contributed by atoms with Crippen LogP contribution in [0.1, 0.15) is 55.7 Å². The minimum Gasteiger partial charge on any atom is -0.495 e. The number of carbonyl (C=O) groups excluding carboxylic acids is 2. The highest BCUT2D eigenvalue weighted by atomic mass is 32.2. The number of benzene rings is 2. The van der Waals surface area contributed by atoms with E-state index in [0.29, 0.717) is 12.2 Å². The van der Waals surface area contributed by atoms with Gasteiger partial charge in [0.15, 0.2) is 0 Å². The number of sulfonamides is 1. The van der Waals surface area contributed by atoms with Crippen molar-refractivity contribution in [3.8, 4) is 5.75 Å². The summed E-state index contributed by atoms with van der Waals surface area (Å²) in [4.78, 5) is 28.8. The zero-order valence-corrected chi connectivity index (χ0v) is 23.3. The smallest absolute Gasteiger partial charge is 0.244 e. The molecule has 1 atom stereocenters. The summed E-state index contributed by atoms with van der Waals surface area (Å²) in [5, 5.41) is 3.12. The molecule has 2 aromatic carbocycles. The summed E-state index contributed by atoms with van der Waals surface area (Å²) in [6.45, 7) is 5.42. The van der Waals surface area contributed by atoms with Gasteiger partial charge < -0.3 is 15.0 Å². The molecule has 0 aromatic heterocycles. The summed E-state index contributed by atoms with van der Waals surface area (Å²) in [6.07, 6.45) is 5.50. The van der Waals surface area contributed by atoms with E-state index in [9.17, 15) is 18.0 Å². The minimum atomic E-state index is -3.84. The minimum absolute atomic E-state index is 0.112. The molecule has 1 unspecified atom stereocenters. The molecule has 1 N–H and O–H groups in total. The molecule has 202 valence electrons. The van der Waals surface area contributed by atoms with E-state index in [1.54, 1.807) is 12.1 Å². The van der Waals surface area contributed by atoms with E-state index in [1.807, 2.05) is 51.1 Å². The third-order valence-corrected chi connectivity index (χ3v) is 8.10. The summed E-state index contributed by atoms with van der Waals surface area (Å²) < 4.78 is 32.3. The molecule has 1 aliphatic carbocycles. The number of ether oxygens (including phenoxy) is 1. The van der Waals surface area contributed by atoms with E-state index in [0.717, 1.165) is 52.9 Å². The summed E-state index contributed by atoms with van der Waals surface area (Å²) in [5.41, 5.74) is 3.02. The van der Waals surface area contributed by atoms with Crippen LogP contribution in [-0.2, 0) is 26.2 Å². The molecular weight excluding hydrogens is 490 g/mol. The van der Waals surface area contributed by atoms with E-state index in [2.05, 4.69) is 5.32 Å². The molecule has 1 saturated carbocycles. The zero-order valence-electron chi connectivity index (χ0n) is 22.5. The van der Waals surface area contributed by atoms with Crippen LogP contribution < -0.4 is 14.4 Å². The van der Waals surface area contributed by atoms with Crippen molar-refractivity contribution < 1.29 is 22.7 Å². The molecule has 2 amide bonds. The van der Waals surface area contributed by atoms with E-state index >= 15 is 0 Å². The van der Waals surface area contributed by atoms with Gasteiger partial charge in [-0.05, 0) is 61.9 Å². The molecule has 37 heavy (non-hydrogen) atoms. The van der Waals surface area contributed by atoms with Crippen molar-refractivity contribution >= 4 is 27.5 Å². The Hall–Kier alpha value is -3.07. The van der Waals surface area contributed by atoms with Crippen molar-refractivity contribution in [1.29, 1.82) is 0 Å². The highest BCUT2D eigenvalue weighted by molar-refractivity contribution is 7.92. The first-order valence-corrected chi connectivity index (χ1v) is 14.7. The Balaban J connectivity index is 1.98. The molecule has 0 aliphatic heterocycles. The summed E-state index contributed by atoms with van der Waals surface area (Å²) in [6, 6.07) is 12.3. The largest absolute Gasteiger partial charge is 0.495 e. The Morgan fingerprint density at radius 2 is 1.78 bits per heavy atom. The fourth-order valence-electron chi connectivity index (χ4n) is 4.85. The Bertz CT molecular complexity index is 1210. The molecule has 8 nitrogen and oxygen atoms in total. The van der Waals surface area contributed by atoms with Gasteiger partial charge in [-0.2, -0.15) is 0 Å². The highest BCUT2D eigenvalue weighted by Gasteiger charge is 2.33. The lowest BCUT2D eigenvalue weighted by Gasteiger charge is -2.34. The van der Waals surface area contributed by atoms with Crippen molar-refractivity contribution in [2.45, 2.75) is 71.5 Å². The number of methoxy groups -OCH3 is 1. The molecule has 0 saturated heterocycles. The number of nitrogens with one attached hydrogen (secondary N) is 1. The van der Waals surface area contributed by atoms with Crippen LogP contribution in [0, 0.1) is 13.8 Å². The van der Waals surface area contributed by atoms with Gasteiger partial charge in [-0.25, -0.2) is 8.42 Å². The molecular formula is C28H39N3O5S. The lowest BCUT2D eigenvalue weighted by atomic mass is 10.1. The van der Waals surface area contributed by atoms with Crippen LogP contribution in [0.5, 0.6) is 5.75 Å². The van der Waals surface area contributed by atoms with Crippen LogP contribution in [0.4, 0.5) is 5.69 Å². The molecule has 0 heterocycles. The van der Waals surface area contributed by atoms with Crippen molar-refractivity contribution in [2.24, 2.45) is 0 Å². The van der Waals surface area contributed by atoms with Crippen LogP contribution in [-0.4, -0.2) is 57.1 Å². The number of nitrogens with zero attached hydrogens (tertiary/aromatic N) is 2. The van der Waals surface area contributed by atoms with E-state index in [1.165, 1.54) is 12.0 Å². The number of aryl methyl sites for hydroxylation is 2. The number of amides is 2. The average molecular weight is 530 g/mol. The maximum Gasteiger partial charge on any atom is 0.244 e. The Morgan fingerprint density at radius 1 is 1.11 bits per heavy atom. The third kappa shape index (κ3) is 7.25. The average Bonchev–Trinajstić information content (AvgIpc) is 3.35. The van der Waals surface area contributed by atoms with Crippen molar-refractivity contribution in [2.75, 3.05) is 24.2 Å².